The zero-order valence-electron chi connectivity index (χ0n) is 36.9. The van der Waals surface area contributed by atoms with E-state index in [1.54, 1.807) is 24.3 Å². The Labute approximate surface area is 361 Å². The van der Waals surface area contributed by atoms with Crippen molar-refractivity contribution in [3.05, 3.63) is 30.3 Å². The fourth-order valence-corrected chi connectivity index (χ4v) is 15.8. The van der Waals surface area contributed by atoms with Gasteiger partial charge in [-0.3, -0.25) is 0 Å². The Morgan fingerprint density at radius 1 is 0.623 bits per heavy atom. The van der Waals surface area contributed by atoms with Crippen molar-refractivity contribution in [1.29, 1.82) is 0 Å². The predicted molar refractivity (Wildman–Crippen MR) is 217 cm³/mol. The summed E-state index contributed by atoms with van der Waals surface area (Å²) in [6.45, 7) is 14.1. The number of hydrogen-bond donors (Lipinski definition) is 0. The van der Waals surface area contributed by atoms with Crippen LogP contribution in [0.5, 0.6) is 0 Å². The van der Waals surface area contributed by atoms with Gasteiger partial charge in [-0.25, -0.2) is 28.0 Å². The minimum Gasteiger partial charge on any atom is -0.346 e. The third kappa shape index (κ3) is 6.72. The van der Waals surface area contributed by atoms with Crippen molar-refractivity contribution in [3.8, 4) is 0 Å². The molecule has 2 saturated carbocycles. The van der Waals surface area contributed by atoms with Gasteiger partial charge in [0.25, 0.3) is 5.97 Å². The largest absolute Gasteiger partial charge is 0.346 e. The first-order valence-corrected chi connectivity index (χ1v) is 25.5. The molecule has 2 unspecified atom stereocenters. The van der Waals surface area contributed by atoms with E-state index in [1.807, 2.05) is 19.9 Å². The number of benzene rings is 1. The first kappa shape index (κ1) is 42.4. The van der Waals surface area contributed by atoms with Gasteiger partial charge in [0.05, 0.1) is 42.2 Å². The van der Waals surface area contributed by atoms with E-state index in [0.29, 0.717) is 67.5 Å². The van der Waals surface area contributed by atoms with Gasteiger partial charge in [-0.1, -0.05) is 45.9 Å². The van der Waals surface area contributed by atoms with E-state index in [-0.39, 0.29) is 59.6 Å². The molecule has 0 amide bonds. The SMILES string of the molecule is C[C@H]1[C@@H](C[C@H]2COC3(CCCS(=O)(=O)c4ccccc4)OC[C@@H](C[C@H]4O[C@@H]5O[C@]6(C)CC[C@H]7[C@H](C)CC[C@@H]([C@H]4C)[C@@]57OO6)C2O3)O[C@@H]2O[C@]3(C)CC[C@H]4[C@H](C)CC[C@@H]1[C@@]24OO3. The highest BCUT2D eigenvalue weighted by molar-refractivity contribution is 7.91. The molecule has 13 nitrogen and oxygen atoms in total. The maximum Gasteiger partial charge on any atom is 0.283 e. The van der Waals surface area contributed by atoms with Gasteiger partial charge in [0.15, 0.2) is 33.6 Å². The van der Waals surface area contributed by atoms with E-state index in [0.717, 1.165) is 51.4 Å². The average molecular weight is 873 g/mol. The minimum absolute atomic E-state index is 0.0171. The van der Waals surface area contributed by atoms with Crippen molar-refractivity contribution in [2.75, 3.05) is 19.0 Å². The number of ether oxygens (including phenoxy) is 7. The summed E-state index contributed by atoms with van der Waals surface area (Å²) < 4.78 is 74.7. The number of rotatable bonds is 9. The summed E-state index contributed by atoms with van der Waals surface area (Å²) in [7, 11) is -3.49. The molecule has 10 saturated heterocycles. The highest BCUT2D eigenvalue weighted by atomic mass is 32.2. The number of fused-ring (bicyclic) bond motifs is 6. The van der Waals surface area contributed by atoms with Crippen LogP contribution in [0.2, 0.25) is 0 Å². The molecule has 1 aromatic carbocycles. The predicted octanol–water partition coefficient (Wildman–Crippen LogP) is 7.85. The quantitative estimate of drug-likeness (QED) is 0.223. The van der Waals surface area contributed by atoms with Gasteiger partial charge in [-0.05, 0) is 119 Å². The van der Waals surface area contributed by atoms with Gasteiger partial charge in [-0.2, -0.15) is 0 Å². The minimum atomic E-state index is -3.49. The molecule has 20 atom stereocenters. The Bertz CT molecular complexity index is 1810. The van der Waals surface area contributed by atoms with Gasteiger partial charge in [0, 0.05) is 42.9 Å². The smallest absolute Gasteiger partial charge is 0.283 e. The first-order valence-electron chi connectivity index (χ1n) is 23.8. The summed E-state index contributed by atoms with van der Waals surface area (Å²) in [4.78, 5) is 25.5. The molecule has 14 heteroatoms. The zero-order valence-corrected chi connectivity index (χ0v) is 37.7. The normalized spacial score (nSPS) is 53.6. The van der Waals surface area contributed by atoms with E-state index < -0.39 is 51.2 Å². The number of sulfone groups is 1. The second-order valence-corrected chi connectivity index (χ2v) is 23.6. The summed E-state index contributed by atoms with van der Waals surface area (Å²) in [5.41, 5.74) is -1.26. The Hall–Kier alpha value is -1.27. The van der Waals surface area contributed by atoms with Crippen LogP contribution in [0.25, 0.3) is 0 Å². The molecule has 10 aliphatic heterocycles. The van der Waals surface area contributed by atoms with Crippen LogP contribution in [-0.2, 0) is 62.5 Å². The highest BCUT2D eigenvalue weighted by Gasteiger charge is 2.71. The molecule has 2 spiro atoms. The zero-order chi connectivity index (χ0) is 42.2. The summed E-state index contributed by atoms with van der Waals surface area (Å²) in [6.07, 6.45) is 8.39. The lowest BCUT2D eigenvalue weighted by Crippen LogP contribution is -2.71. The maximum absolute atomic E-state index is 13.3. The van der Waals surface area contributed by atoms with E-state index in [4.69, 9.17) is 52.7 Å². The van der Waals surface area contributed by atoms with Crippen molar-refractivity contribution < 1.29 is 61.1 Å². The Kier molecular flexibility index (Phi) is 10.5. The van der Waals surface area contributed by atoms with Crippen LogP contribution in [0, 0.1) is 59.2 Å². The average Bonchev–Trinajstić information content (AvgIpc) is 3.62. The molecule has 12 fully saturated rings. The summed E-state index contributed by atoms with van der Waals surface area (Å²) >= 11 is 0. The molecule has 340 valence electrons. The van der Waals surface area contributed by atoms with Crippen LogP contribution in [-0.4, -0.2) is 87.0 Å². The number of hydrogen-bond acceptors (Lipinski definition) is 13. The van der Waals surface area contributed by atoms with Gasteiger partial charge >= 0.3 is 0 Å². The van der Waals surface area contributed by atoms with E-state index in [2.05, 4.69) is 27.7 Å². The highest BCUT2D eigenvalue weighted by Crippen LogP contribution is 2.63. The molecular formula is C47H68O13S. The Morgan fingerprint density at radius 2 is 1.13 bits per heavy atom. The van der Waals surface area contributed by atoms with E-state index in [9.17, 15) is 8.42 Å². The molecule has 10 heterocycles. The monoisotopic (exact) mass is 872 g/mol. The lowest BCUT2D eigenvalue weighted by atomic mass is 9.57. The molecule has 0 aromatic heterocycles. The lowest BCUT2D eigenvalue weighted by Gasteiger charge is -2.61. The van der Waals surface area contributed by atoms with Crippen LogP contribution >= 0.6 is 0 Å². The van der Waals surface area contributed by atoms with Crippen molar-refractivity contribution in [1.82, 2.24) is 0 Å². The van der Waals surface area contributed by atoms with Gasteiger partial charge in [0.2, 0.25) is 11.6 Å². The second kappa shape index (κ2) is 15.1. The van der Waals surface area contributed by atoms with Crippen LogP contribution in [0.3, 0.4) is 0 Å². The molecule has 12 aliphatic rings. The molecule has 0 N–H and O–H groups in total. The van der Waals surface area contributed by atoms with Gasteiger partial charge in [0.1, 0.15) is 0 Å². The Balaban J connectivity index is 0.858. The van der Waals surface area contributed by atoms with Crippen molar-refractivity contribution in [2.45, 2.75) is 183 Å². The van der Waals surface area contributed by atoms with Crippen LogP contribution in [0.1, 0.15) is 119 Å². The van der Waals surface area contributed by atoms with Crippen LogP contribution in [0.4, 0.5) is 0 Å². The topological polar surface area (TPSA) is 136 Å². The summed E-state index contributed by atoms with van der Waals surface area (Å²) in [5.74, 6) is -0.732. The van der Waals surface area contributed by atoms with E-state index in [1.165, 1.54) is 0 Å². The lowest BCUT2D eigenvalue weighted by molar-refractivity contribution is -0.571. The molecule has 61 heavy (non-hydrogen) atoms. The van der Waals surface area contributed by atoms with Crippen LogP contribution in [0.15, 0.2) is 35.2 Å². The Morgan fingerprint density at radius 3 is 1.64 bits per heavy atom. The summed E-state index contributed by atoms with van der Waals surface area (Å²) in [5, 5.41) is 0. The van der Waals surface area contributed by atoms with Gasteiger partial charge in [-0.15, -0.1) is 0 Å². The summed E-state index contributed by atoms with van der Waals surface area (Å²) in [6, 6.07) is 8.62. The fraction of sp³-hybridized carbons (Fsp3) is 0.872. The molecule has 0 radical (unpaired) electrons. The van der Waals surface area contributed by atoms with E-state index >= 15 is 0 Å². The molecule has 6 bridgehead atoms. The van der Waals surface area contributed by atoms with Crippen LogP contribution < -0.4 is 0 Å². The second-order valence-electron chi connectivity index (χ2n) is 21.5. The fourth-order valence-electron chi connectivity index (χ4n) is 14.5. The van der Waals surface area contributed by atoms with Crippen molar-refractivity contribution in [2.24, 2.45) is 59.2 Å². The third-order valence-electron chi connectivity index (χ3n) is 17.9. The molecule has 2 aliphatic carbocycles. The standard InChI is InChI=1S/C47H68O13S/c1-27-13-15-36-29(3)38(52-41-46(36)34(27)17-20-43(5,55-41)57-59-46)23-31-25-50-45(19-10-22-61(48,49)33-11-8-7-9-12-33)51-26-32(40(31)54-45)24-39-30(4)37-16-14-28(2)35-18-21-44(6)56-42(53-39)47(35,37)60-58-44/h7-9,11-12,27-32,34-42H,10,13-26H2,1-6H3/t27-,28-,29-,30-,31-,32+,34+,35+,36+,37+,38-,39-,40?,41-,42-,43+,44+,45?,46-,47-/m1/s1. The maximum atomic E-state index is 13.3. The van der Waals surface area contributed by atoms with Gasteiger partial charge < -0.3 is 33.2 Å². The van der Waals surface area contributed by atoms with Crippen molar-refractivity contribution in [3.63, 3.8) is 0 Å². The molecule has 1 aromatic rings. The first-order chi connectivity index (χ1) is 29.2. The molecular weight excluding hydrogens is 805 g/mol. The molecule has 13 rings (SSSR count). The van der Waals surface area contributed by atoms with Crippen molar-refractivity contribution >= 4 is 9.84 Å². The third-order valence-corrected chi connectivity index (χ3v) is 19.8.